The second kappa shape index (κ2) is 3.09. The van der Waals surface area contributed by atoms with Crippen molar-refractivity contribution in [2.24, 2.45) is 0 Å². The van der Waals surface area contributed by atoms with Crippen molar-refractivity contribution in [3.8, 4) is 0 Å². The minimum absolute atomic E-state index is 1.17. The van der Waals surface area contributed by atoms with E-state index in [1.165, 1.54) is 47.7 Å². The first-order valence-corrected chi connectivity index (χ1v) is 5.30. The van der Waals surface area contributed by atoms with Gasteiger partial charge in [-0.25, -0.2) is 0 Å². The fourth-order valence-corrected chi connectivity index (χ4v) is 2.35. The van der Waals surface area contributed by atoms with Crippen LogP contribution in [0.4, 0.5) is 0 Å². The van der Waals surface area contributed by atoms with Crippen LogP contribution in [0.15, 0.2) is 30.5 Å². The van der Waals surface area contributed by atoms with Gasteiger partial charge in [-0.05, 0) is 36.6 Å². The van der Waals surface area contributed by atoms with Gasteiger partial charge in [0.1, 0.15) is 0 Å². The Morgan fingerprint density at radius 1 is 1.00 bits per heavy atom. The van der Waals surface area contributed by atoms with Gasteiger partial charge < -0.3 is 0 Å². The van der Waals surface area contributed by atoms with Crippen molar-refractivity contribution >= 4 is 10.8 Å². The predicted octanol–water partition coefficient (Wildman–Crippen LogP) is 3.11. The molecule has 0 spiro atoms. The second-order valence-corrected chi connectivity index (χ2v) is 3.98. The minimum atomic E-state index is 1.17. The van der Waals surface area contributed by atoms with Crippen molar-refractivity contribution in [2.75, 3.05) is 0 Å². The highest BCUT2D eigenvalue weighted by molar-refractivity contribution is 5.85. The van der Waals surface area contributed by atoms with Crippen molar-refractivity contribution in [3.05, 3.63) is 41.7 Å². The van der Waals surface area contributed by atoms with Gasteiger partial charge in [-0.2, -0.15) is 0 Å². The van der Waals surface area contributed by atoms with E-state index in [-0.39, 0.29) is 0 Å². The molecule has 0 atom stereocenters. The van der Waals surface area contributed by atoms with E-state index in [1.54, 1.807) is 0 Å². The lowest BCUT2D eigenvalue weighted by atomic mass is 9.92. The van der Waals surface area contributed by atoms with Crippen LogP contribution in [0.25, 0.3) is 10.8 Å². The molecule has 0 saturated heterocycles. The van der Waals surface area contributed by atoms with Gasteiger partial charge in [-0.15, -0.1) is 0 Å². The molecule has 0 unspecified atom stereocenters. The highest BCUT2D eigenvalue weighted by Crippen LogP contribution is 2.26. The van der Waals surface area contributed by atoms with Crippen LogP contribution in [0.3, 0.4) is 0 Å². The monoisotopic (exact) mass is 183 g/mol. The van der Waals surface area contributed by atoms with Gasteiger partial charge in [0.25, 0.3) is 0 Å². The first-order chi connectivity index (χ1) is 6.95. The number of pyridine rings is 1. The molecule has 1 heterocycles. The Morgan fingerprint density at radius 2 is 1.86 bits per heavy atom. The Labute approximate surface area is 83.8 Å². The Balaban J connectivity index is 2.34. The molecule has 0 saturated carbocycles. The normalized spacial score (nSPS) is 15.4. The third-order valence-electron chi connectivity index (χ3n) is 3.08. The summed E-state index contributed by atoms with van der Waals surface area (Å²) < 4.78 is 0. The van der Waals surface area contributed by atoms with E-state index in [2.05, 4.69) is 29.2 Å². The van der Waals surface area contributed by atoms with Crippen LogP contribution in [-0.2, 0) is 12.8 Å². The van der Waals surface area contributed by atoms with Crippen molar-refractivity contribution in [1.29, 1.82) is 0 Å². The number of fused-ring (bicyclic) bond motifs is 3. The van der Waals surface area contributed by atoms with E-state index >= 15 is 0 Å². The molecule has 1 heteroatoms. The Hall–Kier alpha value is -1.37. The largest absolute Gasteiger partial charge is 0.260 e. The Kier molecular flexibility index (Phi) is 1.76. The molecule has 1 nitrogen and oxygen atoms in total. The minimum Gasteiger partial charge on any atom is -0.260 e. The Morgan fingerprint density at radius 3 is 2.86 bits per heavy atom. The molecule has 3 rings (SSSR count). The van der Waals surface area contributed by atoms with Crippen molar-refractivity contribution in [1.82, 2.24) is 4.98 Å². The molecular weight excluding hydrogens is 170 g/mol. The van der Waals surface area contributed by atoms with Crippen molar-refractivity contribution < 1.29 is 0 Å². The number of aromatic nitrogens is 1. The smallest absolute Gasteiger partial charge is 0.0441 e. The number of benzene rings is 1. The molecule has 1 aliphatic rings. The fraction of sp³-hybridized carbons (Fsp3) is 0.308. The van der Waals surface area contributed by atoms with Crippen LogP contribution in [0.1, 0.15) is 24.1 Å². The second-order valence-electron chi connectivity index (χ2n) is 3.98. The lowest BCUT2D eigenvalue weighted by Gasteiger charge is -2.16. The van der Waals surface area contributed by atoms with Gasteiger partial charge in [0.05, 0.1) is 0 Å². The van der Waals surface area contributed by atoms with Crippen LogP contribution in [0.2, 0.25) is 0 Å². The van der Waals surface area contributed by atoms with Gasteiger partial charge in [-0.1, -0.05) is 24.3 Å². The van der Waals surface area contributed by atoms with Crippen LogP contribution < -0.4 is 0 Å². The molecule has 1 aromatic carbocycles. The Bertz CT molecular complexity index is 474. The molecule has 0 amide bonds. The van der Waals surface area contributed by atoms with Gasteiger partial charge in [0.15, 0.2) is 0 Å². The van der Waals surface area contributed by atoms with Crippen LogP contribution in [0.5, 0.6) is 0 Å². The van der Waals surface area contributed by atoms with Crippen LogP contribution in [0, 0.1) is 0 Å². The molecule has 0 N–H and O–H groups in total. The lowest BCUT2D eigenvalue weighted by molar-refractivity contribution is 0.673. The van der Waals surface area contributed by atoms with E-state index in [0.29, 0.717) is 0 Å². The molecular formula is C13H13N. The van der Waals surface area contributed by atoms with Crippen LogP contribution in [-0.4, -0.2) is 4.98 Å². The highest BCUT2D eigenvalue weighted by atomic mass is 14.7. The zero-order valence-electron chi connectivity index (χ0n) is 8.16. The number of nitrogens with zero attached hydrogens (tertiary/aromatic N) is 1. The lowest BCUT2D eigenvalue weighted by Crippen LogP contribution is -2.05. The van der Waals surface area contributed by atoms with E-state index in [1.807, 2.05) is 6.20 Å². The summed E-state index contributed by atoms with van der Waals surface area (Å²) in [6, 6.07) is 8.58. The number of aryl methyl sites for hydroxylation is 2. The molecule has 70 valence electrons. The zero-order valence-corrected chi connectivity index (χ0v) is 8.16. The zero-order chi connectivity index (χ0) is 9.38. The summed E-state index contributed by atoms with van der Waals surface area (Å²) in [6.07, 6.45) is 7.02. The molecule has 2 aromatic rings. The average Bonchev–Trinajstić information content (AvgIpc) is 2.29. The quantitative estimate of drug-likeness (QED) is 0.611. The fourth-order valence-electron chi connectivity index (χ4n) is 2.35. The molecule has 0 radical (unpaired) electrons. The standard InChI is InChI=1S/C13H13N/c1-2-6-11-10(5-1)9-14-13-8-4-3-7-12(11)13/h1-2,5-6,9H,3-4,7-8H2. The third kappa shape index (κ3) is 1.12. The van der Waals surface area contributed by atoms with E-state index in [4.69, 9.17) is 0 Å². The van der Waals surface area contributed by atoms with Gasteiger partial charge >= 0.3 is 0 Å². The van der Waals surface area contributed by atoms with E-state index in [9.17, 15) is 0 Å². The summed E-state index contributed by atoms with van der Waals surface area (Å²) in [4.78, 5) is 4.55. The summed E-state index contributed by atoms with van der Waals surface area (Å²) in [5.41, 5.74) is 2.82. The maximum absolute atomic E-state index is 4.55. The summed E-state index contributed by atoms with van der Waals surface area (Å²) in [7, 11) is 0. The van der Waals surface area contributed by atoms with Crippen molar-refractivity contribution in [2.45, 2.75) is 25.7 Å². The van der Waals surface area contributed by atoms with E-state index in [0.717, 1.165) is 0 Å². The summed E-state index contributed by atoms with van der Waals surface area (Å²) >= 11 is 0. The molecule has 1 aromatic heterocycles. The maximum Gasteiger partial charge on any atom is 0.0441 e. The number of hydrogen-bond acceptors (Lipinski definition) is 1. The molecule has 0 fully saturated rings. The predicted molar refractivity (Wildman–Crippen MR) is 58.4 cm³/mol. The number of rotatable bonds is 0. The summed E-state index contributed by atoms with van der Waals surface area (Å²) in [6.45, 7) is 0. The topological polar surface area (TPSA) is 12.9 Å². The van der Waals surface area contributed by atoms with Gasteiger partial charge in [0, 0.05) is 17.3 Å². The first kappa shape index (κ1) is 7.98. The molecule has 14 heavy (non-hydrogen) atoms. The summed E-state index contributed by atoms with van der Waals surface area (Å²) in [5.74, 6) is 0. The first-order valence-electron chi connectivity index (χ1n) is 5.30. The third-order valence-corrected chi connectivity index (χ3v) is 3.08. The summed E-state index contributed by atoms with van der Waals surface area (Å²) in [5, 5.41) is 2.70. The SMILES string of the molecule is c1ccc2c3c(ncc2c1)CCCC3. The maximum atomic E-state index is 4.55. The van der Waals surface area contributed by atoms with Gasteiger partial charge in [0.2, 0.25) is 0 Å². The average molecular weight is 183 g/mol. The molecule has 1 aliphatic carbocycles. The number of hydrogen-bond donors (Lipinski definition) is 0. The highest BCUT2D eigenvalue weighted by Gasteiger charge is 2.12. The van der Waals surface area contributed by atoms with Gasteiger partial charge in [-0.3, -0.25) is 4.98 Å². The molecule has 0 bridgehead atoms. The van der Waals surface area contributed by atoms with Crippen molar-refractivity contribution in [3.63, 3.8) is 0 Å². The van der Waals surface area contributed by atoms with E-state index < -0.39 is 0 Å². The van der Waals surface area contributed by atoms with Crippen LogP contribution >= 0.6 is 0 Å². The molecule has 0 aliphatic heterocycles.